The van der Waals surface area contributed by atoms with E-state index in [0.29, 0.717) is 6.04 Å². The van der Waals surface area contributed by atoms with Gasteiger partial charge in [-0.05, 0) is 51.3 Å². The first-order valence-corrected chi connectivity index (χ1v) is 7.04. The molecule has 1 heterocycles. The summed E-state index contributed by atoms with van der Waals surface area (Å²) in [5.74, 6) is 0. The van der Waals surface area contributed by atoms with Gasteiger partial charge in [-0.2, -0.15) is 0 Å². The second-order valence-electron chi connectivity index (χ2n) is 6.06. The van der Waals surface area contributed by atoms with Gasteiger partial charge in [-0.15, -0.1) is 0 Å². The lowest BCUT2D eigenvalue weighted by molar-refractivity contribution is 0.285. The maximum atomic E-state index is 3.69. The molecule has 0 amide bonds. The van der Waals surface area contributed by atoms with E-state index in [9.17, 15) is 0 Å². The Labute approximate surface area is 111 Å². The van der Waals surface area contributed by atoms with Crippen molar-refractivity contribution >= 4 is 5.69 Å². The maximum absolute atomic E-state index is 3.69. The second kappa shape index (κ2) is 4.93. The highest BCUT2D eigenvalue weighted by molar-refractivity contribution is 5.56. The molecular formula is C16H26N2. The number of nitrogens with one attached hydrogen (secondary N) is 1. The third-order valence-electron chi connectivity index (χ3n) is 4.33. The summed E-state index contributed by atoms with van der Waals surface area (Å²) in [6, 6.07) is 7.32. The Bertz CT molecular complexity index is 427. The van der Waals surface area contributed by atoms with Crippen LogP contribution in [0.3, 0.4) is 0 Å². The Kier molecular flexibility index (Phi) is 3.67. The van der Waals surface area contributed by atoms with Crippen molar-refractivity contribution in [3.8, 4) is 0 Å². The first kappa shape index (κ1) is 13.4. The van der Waals surface area contributed by atoms with Crippen LogP contribution in [0.25, 0.3) is 0 Å². The van der Waals surface area contributed by atoms with Gasteiger partial charge in [-0.3, -0.25) is 0 Å². The average Bonchev–Trinajstić information content (AvgIpc) is 2.36. The van der Waals surface area contributed by atoms with Crippen molar-refractivity contribution in [3.63, 3.8) is 0 Å². The lowest BCUT2D eigenvalue weighted by Crippen LogP contribution is -2.62. The van der Waals surface area contributed by atoms with Gasteiger partial charge in [0.2, 0.25) is 0 Å². The minimum atomic E-state index is 0.239. The fourth-order valence-electron chi connectivity index (χ4n) is 2.68. The maximum Gasteiger partial charge on any atom is 0.0402 e. The Morgan fingerprint density at radius 2 is 2.11 bits per heavy atom. The van der Waals surface area contributed by atoms with Gasteiger partial charge in [0.1, 0.15) is 0 Å². The Morgan fingerprint density at radius 1 is 1.39 bits per heavy atom. The quantitative estimate of drug-likeness (QED) is 0.861. The molecule has 0 saturated carbocycles. The van der Waals surface area contributed by atoms with Crippen molar-refractivity contribution < 1.29 is 0 Å². The molecule has 1 aliphatic heterocycles. The minimum absolute atomic E-state index is 0.239. The molecule has 1 N–H and O–H groups in total. The molecule has 100 valence electrons. The van der Waals surface area contributed by atoms with Crippen LogP contribution in [-0.2, 0) is 0 Å². The summed E-state index contributed by atoms with van der Waals surface area (Å²) in [5.41, 5.74) is 4.37. The molecular weight excluding hydrogens is 220 g/mol. The Balaban J connectivity index is 2.32. The molecule has 1 fully saturated rings. The van der Waals surface area contributed by atoms with Crippen LogP contribution in [0.4, 0.5) is 5.69 Å². The zero-order chi connectivity index (χ0) is 13.3. The van der Waals surface area contributed by atoms with Crippen molar-refractivity contribution in [2.45, 2.75) is 52.6 Å². The fraction of sp³-hybridized carbons (Fsp3) is 0.625. The van der Waals surface area contributed by atoms with Crippen LogP contribution >= 0.6 is 0 Å². The standard InChI is InChI=1S/C16H26N2/c1-6-16(5)11-18(14(4)10-17-16)15-9-12(2)7-8-13(15)3/h7-9,14,17H,6,10-11H2,1-5H3. The van der Waals surface area contributed by atoms with E-state index < -0.39 is 0 Å². The molecule has 0 bridgehead atoms. The number of anilines is 1. The Hall–Kier alpha value is -1.02. The van der Waals surface area contributed by atoms with Gasteiger partial charge in [0.15, 0.2) is 0 Å². The van der Waals surface area contributed by atoms with Crippen molar-refractivity contribution in [1.82, 2.24) is 5.32 Å². The van der Waals surface area contributed by atoms with E-state index in [2.05, 4.69) is 63.0 Å². The third kappa shape index (κ3) is 2.54. The largest absolute Gasteiger partial charge is 0.365 e. The molecule has 18 heavy (non-hydrogen) atoms. The van der Waals surface area contributed by atoms with Crippen molar-refractivity contribution in [1.29, 1.82) is 0 Å². The van der Waals surface area contributed by atoms with Gasteiger partial charge >= 0.3 is 0 Å². The van der Waals surface area contributed by atoms with Crippen molar-refractivity contribution in [2.24, 2.45) is 0 Å². The number of hydrogen-bond acceptors (Lipinski definition) is 2. The highest BCUT2D eigenvalue weighted by atomic mass is 15.3. The summed E-state index contributed by atoms with van der Waals surface area (Å²) in [7, 11) is 0. The smallest absolute Gasteiger partial charge is 0.0402 e. The van der Waals surface area contributed by atoms with Gasteiger partial charge in [0.05, 0.1) is 0 Å². The van der Waals surface area contributed by atoms with E-state index in [1.165, 1.54) is 23.2 Å². The molecule has 1 aromatic rings. The molecule has 2 nitrogen and oxygen atoms in total. The predicted molar refractivity (Wildman–Crippen MR) is 79.4 cm³/mol. The van der Waals surface area contributed by atoms with E-state index in [1.807, 2.05) is 0 Å². The molecule has 2 unspecified atom stereocenters. The number of aryl methyl sites for hydroxylation is 2. The van der Waals surface area contributed by atoms with Crippen LogP contribution in [-0.4, -0.2) is 24.7 Å². The SMILES string of the molecule is CCC1(C)CN(c2cc(C)ccc2C)C(C)CN1. The van der Waals surface area contributed by atoms with E-state index in [0.717, 1.165) is 13.1 Å². The summed E-state index contributed by atoms with van der Waals surface area (Å²) in [6.07, 6.45) is 1.17. The molecule has 1 aromatic carbocycles. The Morgan fingerprint density at radius 3 is 2.78 bits per heavy atom. The highest BCUT2D eigenvalue weighted by Gasteiger charge is 2.33. The van der Waals surface area contributed by atoms with Gasteiger partial charge in [-0.1, -0.05) is 19.1 Å². The van der Waals surface area contributed by atoms with Gasteiger partial charge in [0.25, 0.3) is 0 Å². The predicted octanol–water partition coefficient (Wildman–Crippen LogP) is 3.27. The lowest BCUT2D eigenvalue weighted by Gasteiger charge is -2.46. The summed E-state index contributed by atoms with van der Waals surface area (Å²) < 4.78 is 0. The summed E-state index contributed by atoms with van der Waals surface area (Å²) in [5, 5.41) is 3.69. The number of piperazine rings is 1. The number of rotatable bonds is 2. The van der Waals surface area contributed by atoms with Crippen LogP contribution in [0.1, 0.15) is 38.3 Å². The van der Waals surface area contributed by atoms with Gasteiger partial charge < -0.3 is 10.2 Å². The van der Waals surface area contributed by atoms with Crippen LogP contribution < -0.4 is 10.2 Å². The number of hydrogen-bond donors (Lipinski definition) is 1. The molecule has 2 atom stereocenters. The fourth-order valence-corrected chi connectivity index (χ4v) is 2.68. The number of benzene rings is 1. The molecule has 1 saturated heterocycles. The number of nitrogens with zero attached hydrogens (tertiary/aromatic N) is 1. The van der Waals surface area contributed by atoms with Gasteiger partial charge in [0, 0.05) is 30.4 Å². The van der Waals surface area contributed by atoms with Crippen LogP contribution in [0.5, 0.6) is 0 Å². The normalized spacial score (nSPS) is 28.5. The third-order valence-corrected chi connectivity index (χ3v) is 4.33. The van der Waals surface area contributed by atoms with Crippen molar-refractivity contribution in [3.05, 3.63) is 29.3 Å². The molecule has 2 rings (SSSR count). The first-order valence-electron chi connectivity index (χ1n) is 7.04. The summed E-state index contributed by atoms with van der Waals surface area (Å²) in [4.78, 5) is 2.57. The first-order chi connectivity index (χ1) is 8.45. The van der Waals surface area contributed by atoms with E-state index in [1.54, 1.807) is 0 Å². The zero-order valence-electron chi connectivity index (χ0n) is 12.4. The van der Waals surface area contributed by atoms with Crippen molar-refractivity contribution in [2.75, 3.05) is 18.0 Å². The minimum Gasteiger partial charge on any atom is -0.365 e. The van der Waals surface area contributed by atoms with Gasteiger partial charge in [-0.25, -0.2) is 0 Å². The van der Waals surface area contributed by atoms with Crippen LogP contribution in [0.2, 0.25) is 0 Å². The van der Waals surface area contributed by atoms with E-state index in [4.69, 9.17) is 0 Å². The van der Waals surface area contributed by atoms with E-state index >= 15 is 0 Å². The monoisotopic (exact) mass is 246 g/mol. The summed E-state index contributed by atoms with van der Waals surface area (Å²) >= 11 is 0. The zero-order valence-corrected chi connectivity index (χ0v) is 12.4. The second-order valence-corrected chi connectivity index (χ2v) is 6.06. The summed E-state index contributed by atoms with van der Waals surface area (Å²) in [6.45, 7) is 13.5. The van der Waals surface area contributed by atoms with Crippen LogP contribution in [0.15, 0.2) is 18.2 Å². The topological polar surface area (TPSA) is 15.3 Å². The van der Waals surface area contributed by atoms with Crippen LogP contribution in [0, 0.1) is 13.8 Å². The lowest BCUT2D eigenvalue weighted by atomic mass is 9.92. The molecule has 2 heteroatoms. The highest BCUT2D eigenvalue weighted by Crippen LogP contribution is 2.28. The van der Waals surface area contributed by atoms with E-state index in [-0.39, 0.29) is 5.54 Å². The molecule has 0 radical (unpaired) electrons. The molecule has 0 spiro atoms. The molecule has 0 aromatic heterocycles. The molecule has 1 aliphatic rings. The molecule has 0 aliphatic carbocycles. The average molecular weight is 246 g/mol.